The van der Waals surface area contributed by atoms with Crippen molar-refractivity contribution in [1.82, 2.24) is 9.71 Å². The summed E-state index contributed by atoms with van der Waals surface area (Å²) in [6.07, 6.45) is 3.07. The summed E-state index contributed by atoms with van der Waals surface area (Å²) >= 11 is 1.51. The summed E-state index contributed by atoms with van der Waals surface area (Å²) < 4.78 is 40.9. The zero-order chi connectivity index (χ0) is 17.5. The van der Waals surface area contributed by atoms with E-state index in [1.165, 1.54) is 11.3 Å². The Morgan fingerprint density at radius 2 is 2.08 bits per heavy atom. The lowest BCUT2D eigenvalue weighted by atomic mass is 9.84. The van der Waals surface area contributed by atoms with Crippen molar-refractivity contribution in [2.45, 2.75) is 49.1 Å². The van der Waals surface area contributed by atoms with Crippen LogP contribution in [0.4, 0.5) is 0 Å². The number of aromatic nitrogens is 1. The Balaban J connectivity index is 1.53. The predicted molar refractivity (Wildman–Crippen MR) is 96.4 cm³/mol. The van der Waals surface area contributed by atoms with Crippen LogP contribution in [0.1, 0.15) is 30.7 Å². The molecular formula is C17H22N2O4S2. The molecular weight excluding hydrogens is 360 g/mol. The van der Waals surface area contributed by atoms with Crippen molar-refractivity contribution in [1.29, 1.82) is 0 Å². The van der Waals surface area contributed by atoms with Crippen LogP contribution in [-0.2, 0) is 19.5 Å². The number of sulfonamides is 1. The van der Waals surface area contributed by atoms with Crippen molar-refractivity contribution in [3.05, 3.63) is 23.2 Å². The van der Waals surface area contributed by atoms with E-state index < -0.39 is 10.0 Å². The standard InChI is InChI=1S/C17H22N2O4S2/c1-12-18-15-3-2-14(10-16(15)24-12)25(20,21)19-13-4-7-23-17(11-13)5-8-22-9-6-17/h2-3,10,13,19H,4-9,11H2,1H3/t13-/m1/s1. The average molecular weight is 383 g/mol. The summed E-state index contributed by atoms with van der Waals surface area (Å²) in [4.78, 5) is 4.69. The molecule has 2 fully saturated rings. The van der Waals surface area contributed by atoms with Crippen LogP contribution in [0.2, 0.25) is 0 Å². The molecule has 0 amide bonds. The average Bonchev–Trinajstić information content (AvgIpc) is 2.94. The van der Waals surface area contributed by atoms with E-state index in [-0.39, 0.29) is 11.6 Å². The minimum atomic E-state index is -3.56. The highest BCUT2D eigenvalue weighted by molar-refractivity contribution is 7.89. The van der Waals surface area contributed by atoms with E-state index in [1.807, 2.05) is 6.92 Å². The molecule has 0 aliphatic carbocycles. The molecule has 4 rings (SSSR count). The Morgan fingerprint density at radius 3 is 2.88 bits per heavy atom. The van der Waals surface area contributed by atoms with Gasteiger partial charge in [0.2, 0.25) is 10.0 Å². The first-order valence-electron chi connectivity index (χ1n) is 8.57. The van der Waals surface area contributed by atoms with Crippen molar-refractivity contribution < 1.29 is 17.9 Å². The molecule has 1 aromatic carbocycles. The number of hydrogen-bond donors (Lipinski definition) is 1. The third kappa shape index (κ3) is 3.59. The summed E-state index contributed by atoms with van der Waals surface area (Å²) in [6, 6.07) is 5.02. The third-order valence-electron chi connectivity index (χ3n) is 5.00. The summed E-state index contributed by atoms with van der Waals surface area (Å²) in [5.74, 6) is 0. The van der Waals surface area contributed by atoms with Crippen LogP contribution in [0.15, 0.2) is 23.1 Å². The number of nitrogens with one attached hydrogen (secondary N) is 1. The molecule has 1 aromatic heterocycles. The van der Waals surface area contributed by atoms with Crippen LogP contribution in [0, 0.1) is 6.92 Å². The first-order chi connectivity index (χ1) is 12.0. The Hall–Kier alpha value is -1.06. The number of benzene rings is 1. The molecule has 1 N–H and O–H groups in total. The molecule has 0 unspecified atom stereocenters. The van der Waals surface area contributed by atoms with Crippen molar-refractivity contribution >= 4 is 31.6 Å². The monoisotopic (exact) mass is 382 g/mol. The molecule has 1 spiro atoms. The molecule has 3 heterocycles. The Morgan fingerprint density at radius 1 is 1.28 bits per heavy atom. The second kappa shape index (κ2) is 6.59. The largest absolute Gasteiger partial charge is 0.381 e. The lowest BCUT2D eigenvalue weighted by molar-refractivity contribution is -0.138. The van der Waals surface area contributed by atoms with E-state index in [2.05, 4.69) is 9.71 Å². The summed E-state index contributed by atoms with van der Waals surface area (Å²) in [5, 5.41) is 0.934. The maximum absolute atomic E-state index is 12.8. The molecule has 1 atom stereocenters. The number of thiazole rings is 1. The molecule has 2 aliphatic heterocycles. The van der Waals surface area contributed by atoms with Crippen LogP contribution in [0.5, 0.6) is 0 Å². The highest BCUT2D eigenvalue weighted by atomic mass is 32.2. The van der Waals surface area contributed by atoms with Gasteiger partial charge in [-0.3, -0.25) is 0 Å². The number of fused-ring (bicyclic) bond motifs is 1. The third-order valence-corrected chi connectivity index (χ3v) is 7.45. The van der Waals surface area contributed by atoms with Crippen molar-refractivity contribution in [2.24, 2.45) is 0 Å². The number of nitrogens with zero attached hydrogens (tertiary/aromatic N) is 1. The molecule has 2 aromatic rings. The second-order valence-corrected chi connectivity index (χ2v) is 9.77. The number of ether oxygens (including phenoxy) is 2. The van der Waals surface area contributed by atoms with Gasteiger partial charge in [-0.15, -0.1) is 11.3 Å². The number of hydrogen-bond acceptors (Lipinski definition) is 6. The normalized spacial score (nSPS) is 24.0. The SMILES string of the molecule is Cc1nc2ccc(S(=O)(=O)N[C@@H]3CCOC4(CCOCC4)C3)cc2s1. The maximum Gasteiger partial charge on any atom is 0.240 e. The maximum atomic E-state index is 12.8. The molecule has 25 heavy (non-hydrogen) atoms. The highest BCUT2D eigenvalue weighted by Crippen LogP contribution is 2.35. The fourth-order valence-corrected chi connectivity index (χ4v) is 5.93. The molecule has 2 saturated heterocycles. The van der Waals surface area contributed by atoms with Gasteiger partial charge in [0, 0.05) is 25.9 Å². The summed E-state index contributed by atoms with van der Waals surface area (Å²) in [7, 11) is -3.56. The molecule has 2 aliphatic rings. The molecule has 0 saturated carbocycles. The Labute approximate surface area is 151 Å². The van der Waals surface area contributed by atoms with Gasteiger partial charge in [-0.25, -0.2) is 18.1 Å². The zero-order valence-electron chi connectivity index (χ0n) is 14.2. The highest BCUT2D eigenvalue weighted by Gasteiger charge is 2.40. The topological polar surface area (TPSA) is 77.5 Å². The second-order valence-electron chi connectivity index (χ2n) is 6.82. The van der Waals surface area contributed by atoms with Crippen LogP contribution in [0.3, 0.4) is 0 Å². The van der Waals surface area contributed by atoms with E-state index in [4.69, 9.17) is 9.47 Å². The predicted octanol–water partition coefficient (Wildman–Crippen LogP) is 2.61. The zero-order valence-corrected chi connectivity index (χ0v) is 15.8. The van der Waals surface area contributed by atoms with Gasteiger partial charge in [-0.2, -0.15) is 0 Å². The first-order valence-corrected chi connectivity index (χ1v) is 10.9. The van der Waals surface area contributed by atoms with Crippen molar-refractivity contribution in [2.75, 3.05) is 19.8 Å². The minimum Gasteiger partial charge on any atom is -0.381 e. The van der Waals surface area contributed by atoms with E-state index in [1.54, 1.807) is 18.2 Å². The van der Waals surface area contributed by atoms with Gasteiger partial charge in [-0.05, 0) is 50.8 Å². The summed E-state index contributed by atoms with van der Waals surface area (Å²) in [6.45, 7) is 3.87. The van der Waals surface area contributed by atoms with E-state index >= 15 is 0 Å². The van der Waals surface area contributed by atoms with Gasteiger partial charge in [-0.1, -0.05) is 0 Å². The van der Waals surface area contributed by atoms with Crippen LogP contribution < -0.4 is 4.72 Å². The lowest BCUT2D eigenvalue weighted by Gasteiger charge is -2.43. The number of rotatable bonds is 3. The summed E-state index contributed by atoms with van der Waals surface area (Å²) in [5.41, 5.74) is 0.608. The van der Waals surface area contributed by atoms with Crippen molar-refractivity contribution in [3.63, 3.8) is 0 Å². The molecule has 0 bridgehead atoms. The molecule has 6 nitrogen and oxygen atoms in total. The fourth-order valence-electron chi connectivity index (χ4n) is 3.69. The van der Waals surface area contributed by atoms with Gasteiger partial charge < -0.3 is 9.47 Å². The Bertz CT molecular complexity index is 866. The fraction of sp³-hybridized carbons (Fsp3) is 0.588. The number of aryl methyl sites for hydroxylation is 1. The van der Waals surface area contributed by atoms with Crippen LogP contribution in [-0.4, -0.2) is 44.9 Å². The molecule has 136 valence electrons. The van der Waals surface area contributed by atoms with Gasteiger partial charge in [0.15, 0.2) is 0 Å². The van der Waals surface area contributed by atoms with E-state index in [0.29, 0.717) is 37.6 Å². The first kappa shape index (κ1) is 17.4. The van der Waals surface area contributed by atoms with Gasteiger partial charge in [0.25, 0.3) is 0 Å². The quantitative estimate of drug-likeness (QED) is 0.883. The molecule has 8 heteroatoms. The van der Waals surface area contributed by atoms with E-state index in [9.17, 15) is 8.42 Å². The van der Waals surface area contributed by atoms with E-state index in [0.717, 1.165) is 28.1 Å². The van der Waals surface area contributed by atoms with Crippen molar-refractivity contribution in [3.8, 4) is 0 Å². The van der Waals surface area contributed by atoms with Crippen LogP contribution >= 0.6 is 11.3 Å². The Kier molecular flexibility index (Phi) is 4.57. The smallest absolute Gasteiger partial charge is 0.240 e. The van der Waals surface area contributed by atoms with Gasteiger partial charge in [0.1, 0.15) is 0 Å². The van der Waals surface area contributed by atoms with Gasteiger partial charge in [0.05, 0.1) is 25.7 Å². The van der Waals surface area contributed by atoms with Gasteiger partial charge >= 0.3 is 0 Å². The molecule has 0 radical (unpaired) electrons. The lowest BCUT2D eigenvalue weighted by Crippen LogP contribution is -2.50. The van der Waals surface area contributed by atoms with Crippen LogP contribution in [0.25, 0.3) is 10.2 Å². The minimum absolute atomic E-state index is 0.101.